The first-order valence-corrected chi connectivity index (χ1v) is 6.12. The topological polar surface area (TPSA) is 38.7 Å². The molecule has 0 unspecified atom stereocenters. The number of hydrogen-bond donors (Lipinski definition) is 0. The molecule has 0 fully saturated rings. The minimum absolute atomic E-state index is 0.354. The maximum absolute atomic E-state index is 11.7. The van der Waals surface area contributed by atoms with Crippen molar-refractivity contribution in [2.45, 2.75) is 27.2 Å². The summed E-state index contributed by atoms with van der Waals surface area (Å²) in [4.78, 5) is 15.9. The van der Waals surface area contributed by atoms with Gasteiger partial charge in [0.25, 0.3) is 0 Å². The molecule has 0 saturated heterocycles. The number of ether oxygens (including phenoxy) is 1. The normalized spacial score (nSPS) is 17.2. The number of rotatable bonds is 3. The molecule has 0 spiro atoms. The van der Waals surface area contributed by atoms with Gasteiger partial charge in [-0.2, -0.15) is 0 Å². The van der Waals surface area contributed by atoms with Crippen LogP contribution in [0.15, 0.2) is 35.0 Å². The summed E-state index contributed by atoms with van der Waals surface area (Å²) in [7, 11) is 0. The van der Waals surface area contributed by atoms with E-state index in [4.69, 9.17) is 4.74 Å². The lowest BCUT2D eigenvalue weighted by Gasteiger charge is -2.01. The first kappa shape index (κ1) is 12.6. The predicted octanol–water partition coefficient (Wildman–Crippen LogP) is 3.34. The molecule has 0 N–H and O–H groups in total. The molecule has 0 aromatic heterocycles. The Morgan fingerprint density at radius 1 is 1.39 bits per heavy atom. The second-order valence-electron chi connectivity index (χ2n) is 4.94. The molecular weight excluding hydrogens is 226 g/mol. The summed E-state index contributed by atoms with van der Waals surface area (Å²) in [6.45, 7) is 6.15. The molecule has 3 heteroatoms. The van der Waals surface area contributed by atoms with Gasteiger partial charge in [-0.3, -0.25) is 0 Å². The van der Waals surface area contributed by atoms with Crippen molar-refractivity contribution in [1.29, 1.82) is 0 Å². The van der Waals surface area contributed by atoms with Gasteiger partial charge in [0.05, 0.1) is 0 Å². The number of hydrogen-bond acceptors (Lipinski definition) is 3. The zero-order valence-corrected chi connectivity index (χ0v) is 10.9. The average Bonchev–Trinajstić information content (AvgIpc) is 2.58. The Morgan fingerprint density at radius 2 is 2.17 bits per heavy atom. The molecule has 2 rings (SSSR count). The van der Waals surface area contributed by atoms with Crippen LogP contribution in [0.4, 0.5) is 0 Å². The molecule has 18 heavy (non-hydrogen) atoms. The molecule has 1 aliphatic heterocycles. The second-order valence-corrected chi connectivity index (χ2v) is 4.94. The standard InChI is InChI=1S/C15H17NO2/c1-10(2)7-14-16-13(15(17)18-14)9-12-6-4-5-11(3)8-12/h4-6,8-10H,7H2,1-3H3/b13-9+. The zero-order chi connectivity index (χ0) is 13.1. The molecule has 0 atom stereocenters. The summed E-state index contributed by atoms with van der Waals surface area (Å²) >= 11 is 0. The zero-order valence-electron chi connectivity index (χ0n) is 10.9. The molecule has 1 heterocycles. The molecule has 3 nitrogen and oxygen atoms in total. The first-order chi connectivity index (χ1) is 8.54. The third-order valence-corrected chi connectivity index (χ3v) is 2.59. The van der Waals surface area contributed by atoms with Crippen molar-refractivity contribution in [3.05, 3.63) is 41.1 Å². The predicted molar refractivity (Wildman–Crippen MR) is 72.1 cm³/mol. The van der Waals surface area contributed by atoms with E-state index in [0.717, 1.165) is 11.1 Å². The van der Waals surface area contributed by atoms with Gasteiger partial charge in [-0.25, -0.2) is 9.79 Å². The summed E-state index contributed by atoms with van der Waals surface area (Å²) in [6.07, 6.45) is 2.46. The minimum Gasteiger partial charge on any atom is -0.407 e. The van der Waals surface area contributed by atoms with E-state index in [1.54, 1.807) is 6.08 Å². The van der Waals surface area contributed by atoms with Gasteiger partial charge in [0.15, 0.2) is 11.6 Å². The molecule has 1 aromatic rings. The van der Waals surface area contributed by atoms with Crippen LogP contribution >= 0.6 is 0 Å². The lowest BCUT2D eigenvalue weighted by molar-refractivity contribution is -0.130. The van der Waals surface area contributed by atoms with Crippen molar-refractivity contribution in [3.63, 3.8) is 0 Å². The highest BCUT2D eigenvalue weighted by molar-refractivity contribution is 6.07. The quantitative estimate of drug-likeness (QED) is 0.603. The highest BCUT2D eigenvalue weighted by Crippen LogP contribution is 2.19. The Bertz CT molecular complexity index is 527. The van der Waals surface area contributed by atoms with Crippen LogP contribution in [0.3, 0.4) is 0 Å². The van der Waals surface area contributed by atoms with Crippen molar-refractivity contribution in [3.8, 4) is 0 Å². The Labute approximate surface area is 107 Å². The summed E-state index contributed by atoms with van der Waals surface area (Å²) < 4.78 is 5.13. The summed E-state index contributed by atoms with van der Waals surface area (Å²) in [5.74, 6) is 0.593. The van der Waals surface area contributed by atoms with Crippen LogP contribution in [0, 0.1) is 12.8 Å². The SMILES string of the molecule is Cc1cccc(/C=C2/N=C(CC(C)C)OC2=O)c1. The number of nitrogens with zero attached hydrogens (tertiary/aromatic N) is 1. The largest absolute Gasteiger partial charge is 0.407 e. The number of carbonyl (C=O) groups excluding carboxylic acids is 1. The fraction of sp³-hybridized carbons (Fsp3) is 0.333. The summed E-state index contributed by atoms with van der Waals surface area (Å²) in [5.41, 5.74) is 2.51. The van der Waals surface area contributed by atoms with Gasteiger partial charge in [0.2, 0.25) is 0 Å². The van der Waals surface area contributed by atoms with E-state index in [1.807, 2.05) is 31.2 Å². The number of esters is 1. The molecule has 0 radical (unpaired) electrons. The molecule has 0 amide bonds. The Morgan fingerprint density at radius 3 is 2.83 bits per heavy atom. The lowest BCUT2D eigenvalue weighted by Crippen LogP contribution is -2.06. The van der Waals surface area contributed by atoms with E-state index in [1.165, 1.54) is 0 Å². The van der Waals surface area contributed by atoms with Gasteiger partial charge in [-0.1, -0.05) is 43.7 Å². The molecule has 94 valence electrons. The van der Waals surface area contributed by atoms with Crippen LogP contribution in [0.5, 0.6) is 0 Å². The van der Waals surface area contributed by atoms with Crippen LogP contribution in [0.2, 0.25) is 0 Å². The average molecular weight is 243 g/mol. The monoisotopic (exact) mass is 243 g/mol. The van der Waals surface area contributed by atoms with Crippen LogP contribution in [0.1, 0.15) is 31.4 Å². The van der Waals surface area contributed by atoms with Crippen LogP contribution in [0.25, 0.3) is 6.08 Å². The van der Waals surface area contributed by atoms with Crippen LogP contribution in [-0.4, -0.2) is 11.9 Å². The van der Waals surface area contributed by atoms with Crippen LogP contribution in [-0.2, 0) is 9.53 Å². The molecule has 0 saturated carbocycles. The van der Waals surface area contributed by atoms with Gasteiger partial charge in [0, 0.05) is 6.42 Å². The van der Waals surface area contributed by atoms with Gasteiger partial charge in [-0.05, 0) is 24.5 Å². The van der Waals surface area contributed by atoms with E-state index in [9.17, 15) is 4.79 Å². The van der Waals surface area contributed by atoms with Crippen molar-refractivity contribution >= 4 is 17.9 Å². The van der Waals surface area contributed by atoms with Gasteiger partial charge >= 0.3 is 5.97 Å². The second kappa shape index (κ2) is 5.17. The first-order valence-electron chi connectivity index (χ1n) is 6.12. The molecule has 0 bridgehead atoms. The van der Waals surface area contributed by atoms with E-state index in [2.05, 4.69) is 18.8 Å². The van der Waals surface area contributed by atoms with Crippen molar-refractivity contribution < 1.29 is 9.53 Å². The Hall–Kier alpha value is -1.90. The number of benzene rings is 1. The van der Waals surface area contributed by atoms with Gasteiger partial charge < -0.3 is 4.74 Å². The number of aryl methyl sites for hydroxylation is 1. The van der Waals surface area contributed by atoms with Gasteiger partial charge in [0.1, 0.15) is 0 Å². The van der Waals surface area contributed by atoms with E-state index < -0.39 is 0 Å². The van der Waals surface area contributed by atoms with E-state index >= 15 is 0 Å². The Kier molecular flexibility index (Phi) is 3.60. The fourth-order valence-electron chi connectivity index (χ4n) is 1.81. The highest BCUT2D eigenvalue weighted by Gasteiger charge is 2.23. The van der Waals surface area contributed by atoms with Crippen molar-refractivity contribution in [1.82, 2.24) is 0 Å². The molecule has 1 aliphatic rings. The number of carbonyl (C=O) groups is 1. The number of aliphatic imine (C=N–C) groups is 1. The molecule has 1 aromatic carbocycles. The number of cyclic esters (lactones) is 1. The maximum Gasteiger partial charge on any atom is 0.363 e. The van der Waals surface area contributed by atoms with E-state index in [-0.39, 0.29) is 5.97 Å². The minimum atomic E-state index is -0.354. The lowest BCUT2D eigenvalue weighted by atomic mass is 10.1. The third kappa shape index (κ3) is 3.06. The van der Waals surface area contributed by atoms with E-state index in [0.29, 0.717) is 23.9 Å². The van der Waals surface area contributed by atoms with Crippen molar-refractivity contribution in [2.75, 3.05) is 0 Å². The van der Waals surface area contributed by atoms with Crippen LogP contribution < -0.4 is 0 Å². The highest BCUT2D eigenvalue weighted by atomic mass is 16.6. The summed E-state index contributed by atoms with van der Waals surface area (Å²) in [6, 6.07) is 7.93. The smallest absolute Gasteiger partial charge is 0.363 e. The third-order valence-electron chi connectivity index (χ3n) is 2.59. The molecular formula is C15H17NO2. The fourth-order valence-corrected chi connectivity index (χ4v) is 1.81. The maximum atomic E-state index is 11.7. The Balaban J connectivity index is 2.22. The van der Waals surface area contributed by atoms with Crippen molar-refractivity contribution in [2.24, 2.45) is 10.9 Å². The molecule has 0 aliphatic carbocycles. The van der Waals surface area contributed by atoms with Gasteiger partial charge in [-0.15, -0.1) is 0 Å². The summed E-state index contributed by atoms with van der Waals surface area (Å²) in [5, 5.41) is 0.